The van der Waals surface area contributed by atoms with Gasteiger partial charge in [-0.15, -0.1) is 0 Å². The number of piperazine rings is 1. The van der Waals surface area contributed by atoms with Crippen molar-refractivity contribution in [2.24, 2.45) is 0 Å². The van der Waals surface area contributed by atoms with Crippen molar-refractivity contribution in [1.29, 1.82) is 0 Å². The van der Waals surface area contributed by atoms with E-state index in [4.69, 9.17) is 14.3 Å². The largest absolute Gasteiger partial charge is 0.494 e. The Morgan fingerprint density at radius 3 is 2.44 bits per heavy atom. The number of amides is 1. The lowest BCUT2D eigenvalue weighted by atomic mass is 9.94. The minimum Gasteiger partial charge on any atom is -0.494 e. The van der Waals surface area contributed by atoms with Crippen molar-refractivity contribution in [2.75, 3.05) is 67.0 Å². The lowest BCUT2D eigenvalue weighted by Gasteiger charge is -2.51. The number of ether oxygens (including phenoxy) is 2. The molecule has 0 bridgehead atoms. The number of rotatable bonds is 12. The molecule has 3 saturated heterocycles. The minimum absolute atomic E-state index is 0.0698. The summed E-state index contributed by atoms with van der Waals surface area (Å²) in [5.41, 5.74) is 3.52. The molecule has 4 fully saturated rings. The molecule has 3 aromatic carbocycles. The Morgan fingerprint density at radius 2 is 1.69 bits per heavy atom. The predicted molar refractivity (Wildman–Crippen MR) is 216 cm³/mol. The van der Waals surface area contributed by atoms with Gasteiger partial charge in [0.15, 0.2) is 5.82 Å². The van der Waals surface area contributed by atoms with E-state index in [1.54, 1.807) is 7.11 Å². The second-order valence-corrected chi connectivity index (χ2v) is 15.5. The summed E-state index contributed by atoms with van der Waals surface area (Å²) in [6.07, 6.45) is 8.41. The molecule has 4 aliphatic rings. The summed E-state index contributed by atoms with van der Waals surface area (Å²) in [6, 6.07) is 24.9. The lowest BCUT2D eigenvalue weighted by Crippen LogP contribution is -2.62. The van der Waals surface area contributed by atoms with Crippen LogP contribution in [-0.4, -0.2) is 89.7 Å². The standard InChI is InChI=1S/C43H52N8O4/c1-5-42(52)47-35-25-36(39(53-4)26-38(35)48-19-16-31(17-20-48)49-21-22-50(32-14-15-32)43(2,3)28-49)46-40-27-41(45-29-44-40)51-37(18-23-54-51)30-10-9-13-34(24-30)55-33-11-7-6-8-12-33/h5-13,24-27,29,31-32,37H,1,14-23,28H2,2-4H3,(H,47,52)(H,44,45,46)/t37-/m1/s1. The van der Waals surface area contributed by atoms with Gasteiger partial charge in [-0.25, -0.2) is 15.0 Å². The summed E-state index contributed by atoms with van der Waals surface area (Å²) in [5, 5.41) is 8.32. The third-order valence-electron chi connectivity index (χ3n) is 11.3. The summed E-state index contributed by atoms with van der Waals surface area (Å²) in [5.74, 6) is 3.07. The van der Waals surface area contributed by atoms with E-state index in [9.17, 15) is 4.79 Å². The van der Waals surface area contributed by atoms with E-state index < -0.39 is 0 Å². The highest BCUT2D eigenvalue weighted by atomic mass is 16.7. The highest BCUT2D eigenvalue weighted by Gasteiger charge is 2.43. The van der Waals surface area contributed by atoms with Gasteiger partial charge in [-0.3, -0.25) is 19.4 Å². The molecule has 288 valence electrons. The Bertz CT molecular complexity index is 1980. The van der Waals surface area contributed by atoms with Crippen LogP contribution in [0.4, 0.5) is 28.7 Å². The number of benzene rings is 3. The van der Waals surface area contributed by atoms with Gasteiger partial charge in [-0.2, -0.15) is 0 Å². The van der Waals surface area contributed by atoms with E-state index in [2.05, 4.69) is 61.8 Å². The zero-order chi connectivity index (χ0) is 37.9. The van der Waals surface area contributed by atoms with Gasteiger partial charge < -0.3 is 25.0 Å². The molecule has 0 radical (unpaired) electrons. The third-order valence-corrected chi connectivity index (χ3v) is 11.3. The van der Waals surface area contributed by atoms with Crippen LogP contribution in [0.25, 0.3) is 0 Å². The van der Waals surface area contributed by atoms with Gasteiger partial charge >= 0.3 is 0 Å². The highest BCUT2D eigenvalue weighted by Crippen LogP contribution is 2.42. The third kappa shape index (κ3) is 8.26. The number of carbonyl (C=O) groups excluding carboxylic acids is 1. The molecule has 8 rings (SSSR count). The molecule has 2 N–H and O–H groups in total. The number of piperidine rings is 1. The summed E-state index contributed by atoms with van der Waals surface area (Å²) in [4.78, 5) is 35.8. The normalized spacial score (nSPS) is 20.6. The molecule has 0 unspecified atom stereocenters. The van der Waals surface area contributed by atoms with Crippen LogP contribution < -0.4 is 30.1 Å². The molecule has 4 aromatic rings. The van der Waals surface area contributed by atoms with Crippen molar-refractivity contribution in [3.8, 4) is 17.2 Å². The van der Waals surface area contributed by atoms with Gasteiger partial charge in [-0.1, -0.05) is 36.9 Å². The SMILES string of the molecule is C=CC(=O)Nc1cc(Nc2cc(N3OCC[C@@H]3c3cccc(Oc4ccccc4)c3)ncn2)c(OC)cc1N1CCC(N2CCN(C3CC3)C(C)(C)C2)CC1. The van der Waals surface area contributed by atoms with Crippen LogP contribution in [0.5, 0.6) is 17.2 Å². The molecule has 0 spiro atoms. The maximum atomic E-state index is 12.7. The smallest absolute Gasteiger partial charge is 0.247 e. The van der Waals surface area contributed by atoms with Gasteiger partial charge in [0.2, 0.25) is 5.91 Å². The molecule has 1 amide bonds. The summed E-state index contributed by atoms with van der Waals surface area (Å²) in [7, 11) is 1.66. The molecule has 55 heavy (non-hydrogen) atoms. The maximum Gasteiger partial charge on any atom is 0.247 e. The first-order chi connectivity index (χ1) is 26.8. The molecular formula is C43H52N8O4. The average molecular weight is 745 g/mol. The van der Waals surface area contributed by atoms with E-state index in [1.165, 1.54) is 25.2 Å². The van der Waals surface area contributed by atoms with Gasteiger partial charge in [0.1, 0.15) is 29.4 Å². The zero-order valence-electron chi connectivity index (χ0n) is 32.1. The van der Waals surface area contributed by atoms with E-state index >= 15 is 0 Å². The fourth-order valence-corrected chi connectivity index (χ4v) is 8.52. The molecule has 1 aliphatic carbocycles. The van der Waals surface area contributed by atoms with Gasteiger partial charge in [0.25, 0.3) is 0 Å². The monoisotopic (exact) mass is 744 g/mol. The van der Waals surface area contributed by atoms with Crippen LogP contribution >= 0.6 is 0 Å². The van der Waals surface area contributed by atoms with Crippen LogP contribution in [0.3, 0.4) is 0 Å². The highest BCUT2D eigenvalue weighted by molar-refractivity contribution is 6.02. The Morgan fingerprint density at radius 1 is 0.891 bits per heavy atom. The van der Waals surface area contributed by atoms with Crippen molar-refractivity contribution in [3.63, 3.8) is 0 Å². The van der Waals surface area contributed by atoms with Crippen molar-refractivity contribution >= 4 is 34.6 Å². The first-order valence-corrected chi connectivity index (χ1v) is 19.5. The van der Waals surface area contributed by atoms with E-state index in [0.717, 1.165) is 80.8 Å². The van der Waals surface area contributed by atoms with E-state index in [0.29, 0.717) is 41.4 Å². The van der Waals surface area contributed by atoms with Crippen molar-refractivity contribution in [1.82, 2.24) is 19.8 Å². The first kappa shape index (κ1) is 36.8. The summed E-state index contributed by atoms with van der Waals surface area (Å²) in [6.45, 7) is 14.2. The van der Waals surface area contributed by atoms with Gasteiger partial charge in [0, 0.05) is 68.9 Å². The molecule has 1 saturated carbocycles. The number of hydrogen-bond acceptors (Lipinski definition) is 11. The van der Waals surface area contributed by atoms with Gasteiger partial charge in [-0.05, 0) is 81.5 Å². The van der Waals surface area contributed by atoms with Gasteiger partial charge in [0.05, 0.1) is 36.8 Å². The first-order valence-electron chi connectivity index (χ1n) is 19.5. The molecule has 12 nitrogen and oxygen atoms in total. The molecule has 1 atom stereocenters. The zero-order valence-corrected chi connectivity index (χ0v) is 32.1. The van der Waals surface area contributed by atoms with Crippen LogP contribution in [0, 0.1) is 0 Å². The van der Waals surface area contributed by atoms with Crippen LogP contribution in [0.2, 0.25) is 0 Å². The minimum atomic E-state index is -0.275. The number of hydrogen-bond donors (Lipinski definition) is 2. The van der Waals surface area contributed by atoms with Crippen LogP contribution in [0.15, 0.2) is 91.8 Å². The van der Waals surface area contributed by atoms with E-state index in [1.807, 2.05) is 71.8 Å². The topological polar surface area (TPSA) is 108 Å². The Kier molecular flexibility index (Phi) is 10.6. The number of methoxy groups -OCH3 is 1. The summed E-state index contributed by atoms with van der Waals surface area (Å²) < 4.78 is 12.1. The second kappa shape index (κ2) is 15.9. The van der Waals surface area contributed by atoms with Crippen molar-refractivity contribution in [2.45, 2.75) is 69.6 Å². The summed E-state index contributed by atoms with van der Waals surface area (Å²) >= 11 is 0. The number of carbonyl (C=O) groups is 1. The van der Waals surface area contributed by atoms with E-state index in [-0.39, 0.29) is 17.5 Å². The molecular weight excluding hydrogens is 693 g/mol. The number of anilines is 5. The fourth-order valence-electron chi connectivity index (χ4n) is 8.52. The maximum absolute atomic E-state index is 12.7. The number of hydroxylamine groups is 1. The van der Waals surface area contributed by atoms with Crippen LogP contribution in [0.1, 0.15) is 57.6 Å². The molecule has 3 aliphatic heterocycles. The van der Waals surface area contributed by atoms with Crippen molar-refractivity contribution in [3.05, 3.63) is 97.3 Å². The number of para-hydroxylation sites is 1. The van der Waals surface area contributed by atoms with Crippen LogP contribution in [-0.2, 0) is 9.63 Å². The average Bonchev–Trinajstić information content (AvgIpc) is 3.92. The number of aromatic nitrogens is 2. The Hall–Kier alpha value is -5.17. The number of nitrogens with one attached hydrogen (secondary N) is 2. The quantitative estimate of drug-likeness (QED) is 0.141. The lowest BCUT2D eigenvalue weighted by molar-refractivity contribution is -0.111. The Balaban J connectivity index is 0.982. The van der Waals surface area contributed by atoms with Crippen molar-refractivity contribution < 1.29 is 19.1 Å². The number of nitrogens with zero attached hydrogens (tertiary/aromatic N) is 6. The predicted octanol–water partition coefficient (Wildman–Crippen LogP) is 7.56. The molecule has 1 aromatic heterocycles. The Labute approximate surface area is 324 Å². The fraction of sp³-hybridized carbons (Fsp3) is 0.419. The second-order valence-electron chi connectivity index (χ2n) is 15.5. The molecule has 4 heterocycles. The molecule has 12 heteroatoms.